The summed E-state index contributed by atoms with van der Waals surface area (Å²) in [5, 5.41) is 0. The zero-order chi connectivity index (χ0) is 17.0. The summed E-state index contributed by atoms with van der Waals surface area (Å²) in [6, 6.07) is 4.69. The lowest BCUT2D eigenvalue weighted by molar-refractivity contribution is -0.132. The van der Waals surface area contributed by atoms with Crippen LogP contribution < -0.4 is 10.9 Å². The van der Waals surface area contributed by atoms with Crippen LogP contribution in [-0.2, 0) is 9.53 Å². The molecule has 1 aromatic rings. The van der Waals surface area contributed by atoms with Crippen LogP contribution in [0.5, 0.6) is 0 Å². The van der Waals surface area contributed by atoms with Gasteiger partial charge < -0.3 is 4.74 Å². The van der Waals surface area contributed by atoms with Crippen molar-refractivity contribution in [2.45, 2.75) is 39.0 Å². The highest BCUT2D eigenvalue weighted by atomic mass is 19.1. The van der Waals surface area contributed by atoms with E-state index in [9.17, 15) is 14.0 Å². The van der Waals surface area contributed by atoms with Crippen molar-refractivity contribution in [1.29, 1.82) is 0 Å². The minimum atomic E-state index is -0.491. The first-order chi connectivity index (χ1) is 10.9. The Bertz CT molecular complexity index is 554. The van der Waals surface area contributed by atoms with Crippen molar-refractivity contribution in [1.82, 2.24) is 15.8 Å². The topological polar surface area (TPSA) is 70.7 Å². The zero-order valence-corrected chi connectivity index (χ0v) is 13.5. The smallest absolute Gasteiger partial charge is 0.269 e. The number of nitrogens with zero attached hydrogens (tertiary/aromatic N) is 1. The fourth-order valence-corrected chi connectivity index (χ4v) is 2.60. The van der Waals surface area contributed by atoms with Crippen molar-refractivity contribution in [3.05, 3.63) is 35.6 Å². The van der Waals surface area contributed by atoms with Gasteiger partial charge in [0.1, 0.15) is 5.82 Å². The Kier molecular flexibility index (Phi) is 5.68. The fraction of sp³-hybridized carbons (Fsp3) is 0.500. The Labute approximate surface area is 135 Å². The van der Waals surface area contributed by atoms with E-state index < -0.39 is 17.8 Å². The average molecular weight is 323 g/mol. The van der Waals surface area contributed by atoms with Crippen LogP contribution in [-0.4, -0.2) is 48.1 Å². The largest absolute Gasteiger partial charge is 0.373 e. The molecule has 1 fully saturated rings. The first-order valence-electron chi connectivity index (χ1n) is 7.62. The number of halogens is 1. The van der Waals surface area contributed by atoms with Gasteiger partial charge in [-0.2, -0.15) is 0 Å². The maximum atomic E-state index is 12.8. The van der Waals surface area contributed by atoms with Gasteiger partial charge in [0, 0.05) is 18.7 Å². The summed E-state index contributed by atoms with van der Waals surface area (Å²) in [5.41, 5.74) is 5.02. The molecule has 1 aliphatic rings. The van der Waals surface area contributed by atoms with Gasteiger partial charge >= 0.3 is 0 Å². The van der Waals surface area contributed by atoms with Crippen molar-refractivity contribution in [2.24, 2.45) is 0 Å². The standard InChI is InChI=1S/C16H22FN3O3/c1-10-8-20(9-11(2)23-10)12(3)15(21)18-19-16(22)13-4-6-14(17)7-5-13/h4-7,10-12H,8-9H2,1-3H3,(H,18,21)(H,19,22)/t10-,11+,12-/m1/s1. The number of ether oxygens (including phenoxy) is 1. The second-order valence-electron chi connectivity index (χ2n) is 5.84. The number of amides is 2. The van der Waals surface area contributed by atoms with E-state index >= 15 is 0 Å². The van der Waals surface area contributed by atoms with Gasteiger partial charge in [-0.1, -0.05) is 0 Å². The SMILES string of the molecule is C[C@@H]1CN([C@H](C)C(=O)NNC(=O)c2ccc(F)cc2)C[C@H](C)O1. The number of hydrogen-bond donors (Lipinski definition) is 2. The minimum absolute atomic E-state index is 0.0582. The third-order valence-electron chi connectivity index (χ3n) is 3.78. The molecule has 0 aromatic heterocycles. The number of carbonyl (C=O) groups excluding carboxylic acids is 2. The number of rotatable bonds is 3. The van der Waals surface area contributed by atoms with E-state index in [4.69, 9.17) is 4.74 Å². The Morgan fingerprint density at radius 3 is 2.30 bits per heavy atom. The van der Waals surface area contributed by atoms with Gasteiger partial charge in [0.2, 0.25) is 0 Å². The van der Waals surface area contributed by atoms with Crippen molar-refractivity contribution < 1.29 is 18.7 Å². The van der Waals surface area contributed by atoms with E-state index in [-0.39, 0.29) is 23.7 Å². The summed E-state index contributed by atoms with van der Waals surface area (Å²) in [5.74, 6) is -1.22. The zero-order valence-electron chi connectivity index (χ0n) is 13.5. The number of morpholine rings is 1. The van der Waals surface area contributed by atoms with Gasteiger partial charge in [0.15, 0.2) is 0 Å². The van der Waals surface area contributed by atoms with Crippen LogP contribution in [0, 0.1) is 5.82 Å². The maximum absolute atomic E-state index is 12.8. The maximum Gasteiger partial charge on any atom is 0.269 e. The molecule has 2 rings (SSSR count). The van der Waals surface area contributed by atoms with Gasteiger partial charge in [0.25, 0.3) is 11.8 Å². The molecule has 0 bridgehead atoms. The lowest BCUT2D eigenvalue weighted by Crippen LogP contribution is -2.56. The van der Waals surface area contributed by atoms with Crippen LogP contribution in [0.25, 0.3) is 0 Å². The van der Waals surface area contributed by atoms with E-state index in [0.717, 1.165) is 0 Å². The lowest BCUT2D eigenvalue weighted by Gasteiger charge is -2.38. The van der Waals surface area contributed by atoms with Crippen LogP contribution in [0.2, 0.25) is 0 Å². The summed E-state index contributed by atoms with van der Waals surface area (Å²) < 4.78 is 18.5. The van der Waals surface area contributed by atoms with Crippen LogP contribution in [0.1, 0.15) is 31.1 Å². The molecule has 23 heavy (non-hydrogen) atoms. The molecule has 3 atom stereocenters. The van der Waals surface area contributed by atoms with Gasteiger partial charge in [-0.25, -0.2) is 4.39 Å². The number of carbonyl (C=O) groups is 2. The fourth-order valence-electron chi connectivity index (χ4n) is 2.60. The van der Waals surface area contributed by atoms with Crippen molar-refractivity contribution in [3.63, 3.8) is 0 Å². The predicted molar refractivity (Wildman–Crippen MR) is 83.1 cm³/mol. The molecule has 0 radical (unpaired) electrons. The quantitative estimate of drug-likeness (QED) is 0.817. The number of benzene rings is 1. The summed E-state index contributed by atoms with van der Waals surface area (Å²) in [6.45, 7) is 7.02. The minimum Gasteiger partial charge on any atom is -0.373 e. The molecule has 2 N–H and O–H groups in total. The molecule has 1 saturated heterocycles. The highest BCUT2D eigenvalue weighted by molar-refractivity contribution is 5.95. The second-order valence-corrected chi connectivity index (χ2v) is 5.84. The van der Waals surface area contributed by atoms with Crippen LogP contribution in [0.3, 0.4) is 0 Å². The second kappa shape index (κ2) is 7.52. The first-order valence-corrected chi connectivity index (χ1v) is 7.62. The molecule has 1 heterocycles. The molecule has 0 saturated carbocycles. The number of nitrogens with one attached hydrogen (secondary N) is 2. The Hall–Kier alpha value is -1.99. The summed E-state index contributed by atoms with van der Waals surface area (Å²) in [6.07, 6.45) is 0.116. The highest BCUT2D eigenvalue weighted by Gasteiger charge is 2.29. The van der Waals surface area contributed by atoms with Crippen LogP contribution in [0.15, 0.2) is 24.3 Å². The van der Waals surface area contributed by atoms with Crippen molar-refractivity contribution in [3.8, 4) is 0 Å². The third-order valence-corrected chi connectivity index (χ3v) is 3.78. The lowest BCUT2D eigenvalue weighted by atomic mass is 10.1. The molecular formula is C16H22FN3O3. The van der Waals surface area contributed by atoms with E-state index in [1.807, 2.05) is 18.7 Å². The molecule has 7 heteroatoms. The van der Waals surface area contributed by atoms with Crippen molar-refractivity contribution >= 4 is 11.8 Å². The number of hydrogen-bond acceptors (Lipinski definition) is 4. The van der Waals surface area contributed by atoms with Gasteiger partial charge in [-0.15, -0.1) is 0 Å². The van der Waals surface area contributed by atoms with Crippen LogP contribution in [0.4, 0.5) is 4.39 Å². The Balaban J connectivity index is 1.86. The summed E-state index contributed by atoms with van der Waals surface area (Å²) in [7, 11) is 0. The van der Waals surface area contributed by atoms with E-state index in [1.165, 1.54) is 24.3 Å². The van der Waals surface area contributed by atoms with Crippen LogP contribution >= 0.6 is 0 Å². The van der Waals surface area contributed by atoms with E-state index in [2.05, 4.69) is 10.9 Å². The monoisotopic (exact) mass is 323 g/mol. The Morgan fingerprint density at radius 2 is 1.74 bits per heavy atom. The van der Waals surface area contributed by atoms with Gasteiger partial charge in [-0.3, -0.25) is 25.3 Å². The summed E-state index contributed by atoms with van der Waals surface area (Å²) in [4.78, 5) is 26.1. The average Bonchev–Trinajstić information content (AvgIpc) is 2.51. The van der Waals surface area contributed by atoms with E-state index in [0.29, 0.717) is 13.1 Å². The van der Waals surface area contributed by atoms with E-state index in [1.54, 1.807) is 6.92 Å². The third kappa shape index (κ3) is 4.74. The molecular weight excluding hydrogens is 301 g/mol. The van der Waals surface area contributed by atoms with Gasteiger partial charge in [-0.05, 0) is 45.0 Å². The normalized spacial score (nSPS) is 23.1. The first kappa shape index (κ1) is 17.4. The molecule has 2 amide bonds. The number of hydrazine groups is 1. The van der Waals surface area contributed by atoms with Gasteiger partial charge in [0.05, 0.1) is 18.2 Å². The van der Waals surface area contributed by atoms with Crippen molar-refractivity contribution in [2.75, 3.05) is 13.1 Å². The molecule has 0 unspecified atom stereocenters. The highest BCUT2D eigenvalue weighted by Crippen LogP contribution is 2.13. The molecule has 6 nitrogen and oxygen atoms in total. The molecule has 126 valence electrons. The molecule has 1 aromatic carbocycles. The predicted octanol–water partition coefficient (Wildman–Crippen LogP) is 1.08. The molecule has 0 aliphatic carbocycles. The molecule has 0 spiro atoms. The summed E-state index contributed by atoms with van der Waals surface area (Å²) >= 11 is 0. The molecule has 1 aliphatic heterocycles. The Morgan fingerprint density at radius 1 is 1.17 bits per heavy atom.